The van der Waals surface area contributed by atoms with Crippen LogP contribution in [0.2, 0.25) is 10.0 Å². The molecule has 0 saturated carbocycles. The summed E-state index contributed by atoms with van der Waals surface area (Å²) in [4.78, 5) is 21.6. The molecule has 7 nitrogen and oxygen atoms in total. The van der Waals surface area contributed by atoms with E-state index < -0.39 is 0 Å². The third kappa shape index (κ3) is 5.75. The fraction of sp³-hybridized carbons (Fsp3) is 0.364. The number of fused-ring (bicyclic) bond motifs is 1. The van der Waals surface area contributed by atoms with Gasteiger partial charge in [0.05, 0.1) is 19.2 Å². The van der Waals surface area contributed by atoms with Crippen LogP contribution in [0.1, 0.15) is 6.42 Å². The summed E-state index contributed by atoms with van der Waals surface area (Å²) in [7, 11) is 7.17. The van der Waals surface area contributed by atoms with Gasteiger partial charge in [-0.05, 0) is 57.4 Å². The Labute approximate surface area is 201 Å². The van der Waals surface area contributed by atoms with E-state index in [1.165, 1.54) is 11.3 Å². The number of ether oxygens (including phenoxy) is 3. The number of hydrogen-bond donors (Lipinski definition) is 0. The van der Waals surface area contributed by atoms with Gasteiger partial charge in [0.25, 0.3) is 5.91 Å². The maximum Gasteiger partial charge on any atom is 0.266 e. The van der Waals surface area contributed by atoms with Crippen molar-refractivity contribution in [3.05, 3.63) is 40.4 Å². The molecule has 0 aliphatic rings. The molecule has 0 bridgehead atoms. The van der Waals surface area contributed by atoms with Crippen LogP contribution in [0.4, 0.5) is 5.13 Å². The van der Waals surface area contributed by atoms with Crippen molar-refractivity contribution < 1.29 is 19.0 Å². The van der Waals surface area contributed by atoms with Crippen molar-refractivity contribution in [3.8, 4) is 17.2 Å². The molecule has 3 rings (SSSR count). The van der Waals surface area contributed by atoms with Crippen molar-refractivity contribution in [1.82, 2.24) is 9.88 Å². The topological polar surface area (TPSA) is 64.1 Å². The molecule has 0 N–H and O–H groups in total. The Balaban J connectivity index is 1.88. The lowest BCUT2D eigenvalue weighted by Gasteiger charge is -2.21. The zero-order valence-electron chi connectivity index (χ0n) is 18.4. The minimum absolute atomic E-state index is 0.187. The minimum atomic E-state index is -0.230. The number of thiazole rings is 1. The molecule has 0 saturated heterocycles. The van der Waals surface area contributed by atoms with Crippen LogP contribution in [0.15, 0.2) is 30.3 Å². The molecule has 172 valence electrons. The van der Waals surface area contributed by atoms with Gasteiger partial charge in [-0.3, -0.25) is 9.69 Å². The zero-order valence-corrected chi connectivity index (χ0v) is 20.7. The summed E-state index contributed by atoms with van der Waals surface area (Å²) >= 11 is 13.5. The van der Waals surface area contributed by atoms with Crippen LogP contribution in [-0.2, 0) is 4.79 Å². The van der Waals surface area contributed by atoms with Crippen molar-refractivity contribution in [2.75, 3.05) is 52.9 Å². The summed E-state index contributed by atoms with van der Waals surface area (Å²) in [5.41, 5.74) is 0.652. The second kappa shape index (κ2) is 11.0. The molecule has 1 amide bonds. The predicted molar refractivity (Wildman–Crippen MR) is 130 cm³/mol. The number of methoxy groups -OCH3 is 2. The van der Waals surface area contributed by atoms with E-state index in [0.717, 1.165) is 17.7 Å². The van der Waals surface area contributed by atoms with Crippen LogP contribution in [0.25, 0.3) is 10.2 Å². The number of halogens is 2. The molecule has 0 unspecified atom stereocenters. The van der Waals surface area contributed by atoms with Gasteiger partial charge in [-0.1, -0.05) is 34.5 Å². The predicted octanol–water partition coefficient (Wildman–Crippen LogP) is 4.98. The summed E-state index contributed by atoms with van der Waals surface area (Å²) < 4.78 is 17.4. The van der Waals surface area contributed by atoms with Crippen molar-refractivity contribution in [2.24, 2.45) is 0 Å². The average molecular weight is 498 g/mol. The van der Waals surface area contributed by atoms with Crippen LogP contribution in [0.3, 0.4) is 0 Å². The zero-order chi connectivity index (χ0) is 23.3. The fourth-order valence-electron chi connectivity index (χ4n) is 3.07. The Bertz CT molecular complexity index is 1050. The monoisotopic (exact) mass is 497 g/mol. The fourth-order valence-corrected chi connectivity index (χ4v) is 4.65. The van der Waals surface area contributed by atoms with Gasteiger partial charge in [0.15, 0.2) is 11.7 Å². The van der Waals surface area contributed by atoms with Gasteiger partial charge in [0.2, 0.25) is 0 Å². The van der Waals surface area contributed by atoms with Crippen molar-refractivity contribution in [1.29, 1.82) is 0 Å². The van der Waals surface area contributed by atoms with Gasteiger partial charge in [-0.15, -0.1) is 0 Å². The van der Waals surface area contributed by atoms with Gasteiger partial charge in [-0.2, -0.15) is 0 Å². The first kappa shape index (κ1) is 24.4. The van der Waals surface area contributed by atoms with Crippen molar-refractivity contribution in [3.63, 3.8) is 0 Å². The number of anilines is 1. The second-order valence-corrected chi connectivity index (χ2v) is 9.03. The number of rotatable bonds is 10. The minimum Gasteiger partial charge on any atom is -0.495 e. The van der Waals surface area contributed by atoms with Crippen molar-refractivity contribution in [2.45, 2.75) is 6.42 Å². The third-order valence-corrected chi connectivity index (χ3v) is 6.29. The lowest BCUT2D eigenvalue weighted by atomic mass is 10.3. The summed E-state index contributed by atoms with van der Waals surface area (Å²) in [6.07, 6.45) is 0.768. The Morgan fingerprint density at radius 1 is 1.03 bits per heavy atom. The highest BCUT2D eigenvalue weighted by Gasteiger charge is 2.23. The van der Waals surface area contributed by atoms with Crippen LogP contribution in [0.5, 0.6) is 17.2 Å². The van der Waals surface area contributed by atoms with Gasteiger partial charge in [0, 0.05) is 11.6 Å². The van der Waals surface area contributed by atoms with E-state index in [1.807, 2.05) is 20.2 Å². The lowest BCUT2D eigenvalue weighted by Crippen LogP contribution is -2.36. The molecule has 10 heteroatoms. The molecular formula is C22H25Cl2N3O4S. The number of nitrogens with zero attached hydrogens (tertiary/aromatic N) is 3. The molecule has 0 radical (unpaired) electrons. The first-order valence-corrected chi connectivity index (χ1v) is 11.5. The molecule has 1 aromatic heterocycles. The Kier molecular flexibility index (Phi) is 8.42. The maximum atomic E-state index is 13.2. The summed E-state index contributed by atoms with van der Waals surface area (Å²) in [5.74, 6) is 1.46. The molecule has 0 aliphatic heterocycles. The van der Waals surface area contributed by atoms with Gasteiger partial charge in [-0.25, -0.2) is 4.98 Å². The largest absolute Gasteiger partial charge is 0.495 e. The second-order valence-electron chi connectivity index (χ2n) is 7.21. The first-order valence-electron chi connectivity index (χ1n) is 9.88. The summed E-state index contributed by atoms with van der Waals surface area (Å²) in [6.45, 7) is 1.12. The molecule has 2 aromatic carbocycles. The molecule has 32 heavy (non-hydrogen) atoms. The average Bonchev–Trinajstić information content (AvgIpc) is 3.20. The Hall–Kier alpha value is -2.26. The van der Waals surface area contributed by atoms with Gasteiger partial charge < -0.3 is 19.1 Å². The van der Waals surface area contributed by atoms with E-state index in [1.54, 1.807) is 43.4 Å². The third-order valence-electron chi connectivity index (χ3n) is 4.66. The number of hydrogen-bond acceptors (Lipinski definition) is 7. The first-order chi connectivity index (χ1) is 15.3. The van der Waals surface area contributed by atoms with Gasteiger partial charge in [0.1, 0.15) is 27.5 Å². The maximum absolute atomic E-state index is 13.2. The number of benzene rings is 2. The molecular weight excluding hydrogens is 473 g/mol. The van der Waals surface area contributed by atoms with Crippen LogP contribution >= 0.6 is 34.5 Å². The summed E-state index contributed by atoms with van der Waals surface area (Å²) in [6, 6.07) is 8.50. The van der Waals surface area contributed by atoms with Gasteiger partial charge >= 0.3 is 0 Å². The molecule has 0 atom stereocenters. The number of amides is 1. The molecule has 3 aromatic rings. The number of carbonyl (C=O) groups excluding carboxylic acids is 1. The van der Waals surface area contributed by atoms with E-state index in [0.29, 0.717) is 44.5 Å². The Morgan fingerprint density at radius 3 is 2.38 bits per heavy atom. The molecule has 0 spiro atoms. The van der Waals surface area contributed by atoms with E-state index in [2.05, 4.69) is 4.90 Å². The number of aromatic nitrogens is 1. The van der Waals surface area contributed by atoms with E-state index in [9.17, 15) is 4.79 Å². The Morgan fingerprint density at radius 2 is 1.72 bits per heavy atom. The summed E-state index contributed by atoms with van der Waals surface area (Å²) in [5, 5.41) is 1.40. The SMILES string of the molecule is COc1ccc(OC)c2sc(N(CCCN(C)C)C(=O)COc3ccc(Cl)cc3Cl)nc12. The smallest absolute Gasteiger partial charge is 0.266 e. The van der Waals surface area contributed by atoms with E-state index >= 15 is 0 Å². The lowest BCUT2D eigenvalue weighted by molar-refractivity contribution is -0.120. The van der Waals surface area contributed by atoms with Crippen molar-refractivity contribution >= 4 is 55.8 Å². The quantitative estimate of drug-likeness (QED) is 0.393. The van der Waals surface area contributed by atoms with E-state index in [-0.39, 0.29) is 12.5 Å². The number of carbonyl (C=O) groups is 1. The highest BCUT2D eigenvalue weighted by molar-refractivity contribution is 7.22. The standard InChI is InChI=1S/C22H25Cl2N3O4S/c1-26(2)10-5-11-27(19(28)13-31-16-7-6-14(23)12-15(16)24)22-25-20-17(29-3)8-9-18(30-4)21(20)32-22/h6-9,12H,5,10-11,13H2,1-4H3. The van der Waals surface area contributed by atoms with Crippen LogP contribution in [-0.4, -0.2) is 63.8 Å². The highest BCUT2D eigenvalue weighted by Crippen LogP contribution is 2.40. The highest BCUT2D eigenvalue weighted by atomic mass is 35.5. The van der Waals surface area contributed by atoms with Crippen LogP contribution < -0.4 is 19.1 Å². The molecule has 0 fully saturated rings. The van der Waals surface area contributed by atoms with E-state index in [4.69, 9.17) is 42.4 Å². The molecule has 0 aliphatic carbocycles. The normalized spacial score (nSPS) is 11.1. The van der Waals surface area contributed by atoms with Crippen LogP contribution in [0, 0.1) is 0 Å². The molecule has 1 heterocycles.